The van der Waals surface area contributed by atoms with Crippen molar-refractivity contribution in [3.63, 3.8) is 0 Å². The van der Waals surface area contributed by atoms with Crippen LogP contribution in [0.1, 0.15) is 6.42 Å². The quantitative estimate of drug-likeness (QED) is 0.763. The monoisotopic (exact) mass is 247 g/mol. The minimum atomic E-state index is -4.36. The number of anilines is 1. The van der Waals surface area contributed by atoms with Gasteiger partial charge in [0.15, 0.2) is 0 Å². The fraction of sp³-hybridized carbons (Fsp3) is 0.300. The average molecular weight is 247 g/mol. The lowest BCUT2D eigenvalue weighted by Crippen LogP contribution is -2.28. The summed E-state index contributed by atoms with van der Waals surface area (Å²) in [6.07, 6.45) is -4.90. The molecular weight excluding hydrogens is 239 g/mol. The lowest BCUT2D eigenvalue weighted by atomic mass is 10.2. The zero-order chi connectivity index (χ0) is 11.8. The molecule has 0 fully saturated rings. The van der Waals surface area contributed by atoms with Crippen LogP contribution in [0.15, 0.2) is 29.2 Å². The van der Waals surface area contributed by atoms with Crippen molar-refractivity contribution in [1.29, 1.82) is 0 Å². The number of thioether (sulfide) groups is 1. The summed E-state index contributed by atoms with van der Waals surface area (Å²) in [6, 6.07) is 6.49. The van der Waals surface area contributed by atoms with Crippen LogP contribution in [0.25, 0.3) is 0 Å². The number of rotatable bonds is 0. The van der Waals surface area contributed by atoms with Crippen LogP contribution in [-0.4, -0.2) is 17.3 Å². The molecule has 86 valence electrons. The Labute approximate surface area is 94.2 Å². The summed E-state index contributed by atoms with van der Waals surface area (Å²) >= 11 is 0.680. The van der Waals surface area contributed by atoms with Crippen LogP contribution in [-0.2, 0) is 4.79 Å². The predicted octanol–water partition coefficient (Wildman–Crippen LogP) is 3.05. The van der Waals surface area contributed by atoms with Crippen molar-refractivity contribution in [2.45, 2.75) is 22.7 Å². The molecule has 1 aliphatic heterocycles. The van der Waals surface area contributed by atoms with E-state index in [0.29, 0.717) is 22.3 Å². The standard InChI is InChI=1S/C10H8F3NOS/c11-10(12,13)8-5-9(15)14-6-3-1-2-4-7(6)16-8/h1-4,8H,5H2,(H,14,15). The number of fused-ring (bicyclic) bond motifs is 1. The minimum Gasteiger partial charge on any atom is -0.325 e. The Morgan fingerprint density at radius 2 is 2.00 bits per heavy atom. The maximum atomic E-state index is 12.6. The van der Waals surface area contributed by atoms with Crippen molar-refractivity contribution in [2.24, 2.45) is 0 Å². The molecule has 6 heteroatoms. The molecule has 1 N–H and O–H groups in total. The van der Waals surface area contributed by atoms with Gasteiger partial charge in [-0.2, -0.15) is 13.2 Å². The van der Waals surface area contributed by atoms with Gasteiger partial charge >= 0.3 is 6.18 Å². The molecule has 0 aromatic heterocycles. The third kappa shape index (κ3) is 2.32. The van der Waals surface area contributed by atoms with E-state index in [0.717, 1.165) is 0 Å². The molecule has 1 aromatic carbocycles. The maximum Gasteiger partial charge on any atom is 0.401 e. The van der Waals surface area contributed by atoms with Crippen LogP contribution < -0.4 is 5.32 Å². The Bertz CT molecular complexity index is 419. The number of para-hydroxylation sites is 1. The highest BCUT2D eigenvalue weighted by Gasteiger charge is 2.43. The number of amides is 1. The zero-order valence-electron chi connectivity index (χ0n) is 8.04. The van der Waals surface area contributed by atoms with Gasteiger partial charge in [-0.1, -0.05) is 12.1 Å². The molecule has 1 unspecified atom stereocenters. The van der Waals surface area contributed by atoms with Gasteiger partial charge in [0, 0.05) is 11.3 Å². The van der Waals surface area contributed by atoms with E-state index in [9.17, 15) is 18.0 Å². The highest BCUT2D eigenvalue weighted by Crippen LogP contribution is 2.42. The van der Waals surface area contributed by atoms with Crippen LogP contribution in [0, 0.1) is 0 Å². The van der Waals surface area contributed by atoms with Crippen LogP contribution in [0.5, 0.6) is 0 Å². The minimum absolute atomic E-state index is 0.448. The van der Waals surface area contributed by atoms with Gasteiger partial charge < -0.3 is 5.32 Å². The summed E-state index contributed by atoms with van der Waals surface area (Å²) in [5, 5.41) is 0.794. The van der Waals surface area contributed by atoms with E-state index in [1.807, 2.05) is 0 Å². The number of hydrogen-bond acceptors (Lipinski definition) is 2. The second-order valence-corrected chi connectivity index (χ2v) is 4.64. The van der Waals surface area contributed by atoms with Crippen LogP contribution in [0.3, 0.4) is 0 Å². The summed E-state index contributed by atoms with van der Waals surface area (Å²) < 4.78 is 37.8. The van der Waals surface area contributed by atoms with Crippen molar-refractivity contribution < 1.29 is 18.0 Å². The van der Waals surface area contributed by atoms with E-state index in [1.54, 1.807) is 24.3 Å². The van der Waals surface area contributed by atoms with Crippen molar-refractivity contribution in [3.8, 4) is 0 Å². The topological polar surface area (TPSA) is 29.1 Å². The summed E-state index contributed by atoms with van der Waals surface area (Å²) in [7, 11) is 0. The number of carbonyl (C=O) groups excluding carboxylic acids is 1. The molecule has 1 atom stereocenters. The van der Waals surface area contributed by atoms with Gasteiger partial charge in [0.2, 0.25) is 5.91 Å². The Hall–Kier alpha value is -1.17. The SMILES string of the molecule is O=C1CC(C(F)(F)F)Sc2ccccc2N1. The Balaban J connectivity index is 2.34. The van der Waals surface area contributed by atoms with Gasteiger partial charge in [-0.3, -0.25) is 4.79 Å². The maximum absolute atomic E-state index is 12.6. The molecule has 0 aliphatic carbocycles. The summed E-state index contributed by atoms with van der Waals surface area (Å²) in [5.74, 6) is -0.597. The van der Waals surface area contributed by atoms with E-state index < -0.39 is 23.8 Å². The van der Waals surface area contributed by atoms with E-state index in [1.165, 1.54) is 0 Å². The van der Waals surface area contributed by atoms with Crippen molar-refractivity contribution in [3.05, 3.63) is 24.3 Å². The van der Waals surface area contributed by atoms with E-state index >= 15 is 0 Å². The van der Waals surface area contributed by atoms with Gasteiger partial charge in [0.25, 0.3) is 0 Å². The highest BCUT2D eigenvalue weighted by atomic mass is 32.2. The molecule has 0 saturated heterocycles. The number of hydrogen-bond donors (Lipinski definition) is 1. The largest absolute Gasteiger partial charge is 0.401 e. The number of carbonyl (C=O) groups is 1. The third-order valence-corrected chi connectivity index (χ3v) is 3.49. The van der Waals surface area contributed by atoms with Crippen LogP contribution in [0.4, 0.5) is 18.9 Å². The third-order valence-electron chi connectivity index (χ3n) is 2.17. The molecule has 1 aromatic rings. The van der Waals surface area contributed by atoms with Crippen molar-refractivity contribution in [2.75, 3.05) is 5.32 Å². The molecule has 1 heterocycles. The Morgan fingerprint density at radius 3 is 2.69 bits per heavy atom. The van der Waals surface area contributed by atoms with Gasteiger partial charge in [-0.05, 0) is 12.1 Å². The van der Waals surface area contributed by atoms with E-state index in [-0.39, 0.29) is 0 Å². The lowest BCUT2D eigenvalue weighted by Gasteiger charge is -2.16. The first-order valence-electron chi connectivity index (χ1n) is 4.59. The average Bonchev–Trinajstić information content (AvgIpc) is 2.34. The lowest BCUT2D eigenvalue weighted by molar-refractivity contribution is -0.137. The van der Waals surface area contributed by atoms with Gasteiger partial charge in [-0.15, -0.1) is 11.8 Å². The molecule has 0 saturated carbocycles. The molecule has 2 nitrogen and oxygen atoms in total. The first kappa shape index (κ1) is 11.3. The number of nitrogens with one attached hydrogen (secondary N) is 1. The molecule has 1 amide bonds. The summed E-state index contributed by atoms with van der Waals surface area (Å²) in [6.45, 7) is 0. The van der Waals surface area contributed by atoms with Gasteiger partial charge in [0.05, 0.1) is 5.69 Å². The van der Waals surface area contributed by atoms with Crippen LogP contribution in [0.2, 0.25) is 0 Å². The second-order valence-electron chi connectivity index (χ2n) is 3.40. The first-order chi connectivity index (χ1) is 7.47. The van der Waals surface area contributed by atoms with Crippen LogP contribution >= 0.6 is 11.8 Å². The molecule has 0 bridgehead atoms. The van der Waals surface area contributed by atoms with E-state index in [4.69, 9.17) is 0 Å². The van der Waals surface area contributed by atoms with E-state index in [2.05, 4.69) is 5.32 Å². The fourth-order valence-corrected chi connectivity index (χ4v) is 2.50. The molecule has 0 spiro atoms. The number of alkyl halides is 3. The second kappa shape index (κ2) is 4.01. The van der Waals surface area contributed by atoms with Crippen molar-refractivity contribution in [1.82, 2.24) is 0 Å². The molecule has 1 aliphatic rings. The molecule has 16 heavy (non-hydrogen) atoms. The smallest absolute Gasteiger partial charge is 0.325 e. The Kier molecular flexibility index (Phi) is 2.84. The summed E-state index contributed by atoms with van der Waals surface area (Å²) in [4.78, 5) is 11.7. The first-order valence-corrected chi connectivity index (χ1v) is 5.47. The van der Waals surface area contributed by atoms with Gasteiger partial charge in [0.1, 0.15) is 5.25 Å². The Morgan fingerprint density at radius 1 is 1.31 bits per heavy atom. The molecule has 0 radical (unpaired) electrons. The van der Waals surface area contributed by atoms with Gasteiger partial charge in [-0.25, -0.2) is 0 Å². The van der Waals surface area contributed by atoms with Crippen molar-refractivity contribution >= 4 is 23.4 Å². The number of benzene rings is 1. The fourth-order valence-electron chi connectivity index (χ4n) is 1.42. The normalized spacial score (nSPS) is 20.9. The molecular formula is C10H8F3NOS. The molecule has 2 rings (SSSR count). The number of halogens is 3. The zero-order valence-corrected chi connectivity index (χ0v) is 8.86. The predicted molar refractivity (Wildman–Crippen MR) is 55.4 cm³/mol. The highest BCUT2D eigenvalue weighted by molar-refractivity contribution is 8.00. The summed E-state index contributed by atoms with van der Waals surface area (Å²) in [5.41, 5.74) is 0.448.